The lowest BCUT2D eigenvalue weighted by Crippen LogP contribution is -2.29. The highest BCUT2D eigenvalue weighted by Crippen LogP contribution is 2.37. The predicted molar refractivity (Wildman–Crippen MR) is 137 cm³/mol. The molecule has 3 N–H and O–H groups in total. The van der Waals surface area contributed by atoms with Crippen molar-refractivity contribution in [1.29, 1.82) is 0 Å². The van der Waals surface area contributed by atoms with Gasteiger partial charge >= 0.3 is 0 Å². The first kappa shape index (κ1) is 24.6. The molecule has 1 fully saturated rings. The third kappa shape index (κ3) is 4.46. The standard InChI is InChI=1S/C26H27F2N7O2/c1-14(2)34-12-16-20(31-34)7-8-21(24(16)33-11-15(3)19(29)13-33)30-26(37)22-9-10-23(36)35(32-22)25-17(27)5-4-6-18(25)28/h4-10,12,14-15,19H,11,13,29H2,1-3H3,(H,30,37)/t15-,19+/m1/s1. The summed E-state index contributed by atoms with van der Waals surface area (Å²) in [6.07, 6.45) is 1.94. The minimum Gasteiger partial charge on any atom is -0.367 e. The molecule has 0 saturated carbocycles. The van der Waals surface area contributed by atoms with Gasteiger partial charge in [0.2, 0.25) is 0 Å². The van der Waals surface area contributed by atoms with E-state index in [0.29, 0.717) is 23.5 Å². The predicted octanol–water partition coefficient (Wildman–Crippen LogP) is 3.48. The fraction of sp³-hybridized carbons (Fsp3) is 0.308. The first-order valence-corrected chi connectivity index (χ1v) is 12.0. The monoisotopic (exact) mass is 507 g/mol. The van der Waals surface area contributed by atoms with Gasteiger partial charge in [0.05, 0.1) is 16.9 Å². The van der Waals surface area contributed by atoms with Crippen LogP contribution in [-0.4, -0.2) is 44.6 Å². The molecule has 4 aromatic rings. The average molecular weight is 508 g/mol. The highest BCUT2D eigenvalue weighted by atomic mass is 19.1. The second-order valence-corrected chi connectivity index (χ2v) is 9.64. The molecule has 0 aliphatic carbocycles. The number of para-hydroxylation sites is 1. The second-order valence-electron chi connectivity index (χ2n) is 9.64. The number of hydrogen-bond acceptors (Lipinski definition) is 6. The number of anilines is 2. The Bertz CT molecular complexity index is 1530. The number of carbonyl (C=O) groups is 1. The number of benzene rings is 2. The van der Waals surface area contributed by atoms with E-state index >= 15 is 0 Å². The highest BCUT2D eigenvalue weighted by molar-refractivity contribution is 6.08. The molecular weight excluding hydrogens is 480 g/mol. The molecule has 2 atom stereocenters. The van der Waals surface area contributed by atoms with E-state index in [0.717, 1.165) is 34.8 Å². The van der Waals surface area contributed by atoms with Gasteiger partial charge in [-0.25, -0.2) is 8.78 Å². The van der Waals surface area contributed by atoms with Crippen LogP contribution in [0, 0.1) is 17.6 Å². The van der Waals surface area contributed by atoms with Crippen LogP contribution in [0.5, 0.6) is 0 Å². The van der Waals surface area contributed by atoms with Crippen LogP contribution in [0.1, 0.15) is 37.3 Å². The van der Waals surface area contributed by atoms with Crippen LogP contribution >= 0.6 is 0 Å². The minimum atomic E-state index is -0.971. The lowest BCUT2D eigenvalue weighted by Gasteiger charge is -2.23. The van der Waals surface area contributed by atoms with Crippen LogP contribution in [-0.2, 0) is 0 Å². The first-order chi connectivity index (χ1) is 17.6. The molecule has 0 bridgehead atoms. The molecular formula is C26H27F2N7O2. The van der Waals surface area contributed by atoms with Crippen LogP contribution in [0.15, 0.2) is 53.5 Å². The molecule has 2 aromatic carbocycles. The Morgan fingerprint density at radius 3 is 2.43 bits per heavy atom. The molecule has 0 radical (unpaired) electrons. The van der Waals surface area contributed by atoms with Crippen molar-refractivity contribution >= 4 is 28.2 Å². The van der Waals surface area contributed by atoms with Crippen molar-refractivity contribution in [3.8, 4) is 5.69 Å². The molecule has 1 amide bonds. The molecule has 192 valence electrons. The topological polar surface area (TPSA) is 111 Å². The van der Waals surface area contributed by atoms with Crippen molar-refractivity contribution in [2.24, 2.45) is 11.7 Å². The minimum absolute atomic E-state index is 0.0279. The van der Waals surface area contributed by atoms with Crippen molar-refractivity contribution in [3.05, 3.63) is 76.3 Å². The molecule has 9 nitrogen and oxygen atoms in total. The number of amides is 1. The molecule has 1 aliphatic heterocycles. The normalized spacial score (nSPS) is 17.6. The zero-order chi connectivity index (χ0) is 26.4. The van der Waals surface area contributed by atoms with E-state index in [-0.39, 0.29) is 23.7 Å². The number of fused-ring (bicyclic) bond motifs is 1. The Morgan fingerprint density at radius 2 is 1.78 bits per heavy atom. The van der Waals surface area contributed by atoms with Crippen molar-refractivity contribution in [3.63, 3.8) is 0 Å². The number of rotatable bonds is 5. The molecule has 1 saturated heterocycles. The summed E-state index contributed by atoms with van der Waals surface area (Å²) in [4.78, 5) is 27.8. The number of nitrogens with one attached hydrogen (secondary N) is 1. The van der Waals surface area contributed by atoms with Crippen molar-refractivity contribution in [1.82, 2.24) is 19.6 Å². The van der Waals surface area contributed by atoms with Gasteiger partial charge in [0.25, 0.3) is 11.5 Å². The van der Waals surface area contributed by atoms with Gasteiger partial charge in [0.1, 0.15) is 11.4 Å². The summed E-state index contributed by atoms with van der Waals surface area (Å²) in [6, 6.07) is 9.16. The molecule has 0 spiro atoms. The van der Waals surface area contributed by atoms with E-state index < -0.39 is 28.8 Å². The van der Waals surface area contributed by atoms with Crippen LogP contribution in [0.4, 0.5) is 20.2 Å². The van der Waals surface area contributed by atoms with E-state index in [1.807, 2.05) is 30.8 Å². The van der Waals surface area contributed by atoms with Gasteiger partial charge in [0.15, 0.2) is 11.6 Å². The van der Waals surface area contributed by atoms with E-state index in [4.69, 9.17) is 5.73 Å². The van der Waals surface area contributed by atoms with Crippen molar-refractivity contribution in [2.75, 3.05) is 23.3 Å². The molecule has 1 aliphatic rings. The zero-order valence-corrected chi connectivity index (χ0v) is 20.7. The van der Waals surface area contributed by atoms with Gasteiger partial charge in [-0.15, -0.1) is 0 Å². The molecule has 2 aromatic heterocycles. The second kappa shape index (κ2) is 9.40. The summed E-state index contributed by atoms with van der Waals surface area (Å²) in [5.74, 6) is -2.33. The van der Waals surface area contributed by atoms with Gasteiger partial charge in [-0.1, -0.05) is 13.0 Å². The summed E-state index contributed by atoms with van der Waals surface area (Å²) in [6.45, 7) is 7.44. The highest BCUT2D eigenvalue weighted by Gasteiger charge is 2.30. The Labute approximate surface area is 211 Å². The molecule has 37 heavy (non-hydrogen) atoms. The van der Waals surface area contributed by atoms with Crippen LogP contribution in [0.3, 0.4) is 0 Å². The molecule has 0 unspecified atom stereocenters. The number of hydrogen-bond donors (Lipinski definition) is 2. The summed E-state index contributed by atoms with van der Waals surface area (Å²) >= 11 is 0. The fourth-order valence-corrected chi connectivity index (χ4v) is 4.55. The van der Waals surface area contributed by atoms with Crippen molar-refractivity contribution < 1.29 is 13.6 Å². The lowest BCUT2D eigenvalue weighted by atomic mass is 10.1. The Balaban J connectivity index is 1.56. The van der Waals surface area contributed by atoms with Crippen LogP contribution < -0.4 is 21.5 Å². The fourth-order valence-electron chi connectivity index (χ4n) is 4.55. The SMILES string of the molecule is CC(C)n1cc2c(N3C[C@@H](C)[C@@H](N)C3)c(NC(=O)c3ccc(=O)n(-c4c(F)cccc4F)n3)ccc2n1. The van der Waals surface area contributed by atoms with Gasteiger partial charge in [-0.2, -0.15) is 14.9 Å². The van der Waals surface area contributed by atoms with Gasteiger partial charge < -0.3 is 16.0 Å². The zero-order valence-electron chi connectivity index (χ0n) is 20.7. The number of aromatic nitrogens is 4. The summed E-state index contributed by atoms with van der Waals surface area (Å²) in [5, 5.41) is 12.3. The Kier molecular flexibility index (Phi) is 6.24. The quantitative estimate of drug-likeness (QED) is 0.428. The smallest absolute Gasteiger partial charge is 0.276 e. The van der Waals surface area contributed by atoms with Crippen molar-refractivity contribution in [2.45, 2.75) is 32.9 Å². The van der Waals surface area contributed by atoms with Crippen LogP contribution in [0.2, 0.25) is 0 Å². The molecule has 3 heterocycles. The first-order valence-electron chi connectivity index (χ1n) is 12.0. The summed E-state index contributed by atoms with van der Waals surface area (Å²) in [7, 11) is 0. The average Bonchev–Trinajstić information content (AvgIpc) is 3.43. The number of halogens is 2. The van der Waals surface area contributed by atoms with Gasteiger partial charge in [-0.3, -0.25) is 14.3 Å². The third-order valence-electron chi connectivity index (χ3n) is 6.62. The summed E-state index contributed by atoms with van der Waals surface area (Å²) in [5.41, 5.74) is 6.77. The molecule has 5 rings (SSSR count). The molecule has 11 heteroatoms. The van der Waals surface area contributed by atoms with E-state index in [1.165, 1.54) is 12.1 Å². The van der Waals surface area contributed by atoms with E-state index in [2.05, 4.69) is 27.3 Å². The number of nitrogens with zero attached hydrogens (tertiary/aromatic N) is 5. The van der Waals surface area contributed by atoms with Gasteiger partial charge in [0, 0.05) is 42.8 Å². The number of carbonyl (C=O) groups excluding carboxylic acids is 1. The maximum absolute atomic E-state index is 14.3. The van der Waals surface area contributed by atoms with E-state index in [9.17, 15) is 18.4 Å². The largest absolute Gasteiger partial charge is 0.367 e. The van der Waals surface area contributed by atoms with Gasteiger partial charge in [-0.05, 0) is 50.1 Å². The third-order valence-corrected chi connectivity index (χ3v) is 6.62. The summed E-state index contributed by atoms with van der Waals surface area (Å²) < 4.78 is 31.1. The van der Waals surface area contributed by atoms with Crippen LogP contribution in [0.25, 0.3) is 16.6 Å². The maximum Gasteiger partial charge on any atom is 0.276 e. The lowest BCUT2D eigenvalue weighted by molar-refractivity contribution is 0.102. The Morgan fingerprint density at radius 1 is 1.05 bits per heavy atom. The number of nitrogens with two attached hydrogens (primary N) is 1. The maximum atomic E-state index is 14.3. The van der Waals surface area contributed by atoms with E-state index in [1.54, 1.807) is 6.07 Å². The Hall–Kier alpha value is -4.12.